The fourth-order valence-electron chi connectivity index (χ4n) is 1.93. The van der Waals surface area contributed by atoms with Crippen LogP contribution < -0.4 is 5.73 Å². The Kier molecular flexibility index (Phi) is 2.68. The maximum Gasteiger partial charge on any atom is 0.227 e. The molecule has 0 atom stereocenters. The highest BCUT2D eigenvalue weighted by Gasteiger charge is 2.15. The summed E-state index contributed by atoms with van der Waals surface area (Å²) in [5.74, 6) is -0.0211. The first-order valence-corrected chi connectivity index (χ1v) is 6.05. The van der Waals surface area contributed by atoms with Crippen LogP contribution in [0.4, 0.5) is 10.1 Å². The normalized spacial score (nSPS) is 11.1. The van der Waals surface area contributed by atoms with Crippen LogP contribution in [-0.4, -0.2) is 4.98 Å². The van der Waals surface area contributed by atoms with E-state index in [0.29, 0.717) is 33.3 Å². The van der Waals surface area contributed by atoms with Crippen molar-refractivity contribution in [3.8, 4) is 11.5 Å². The molecule has 0 aliphatic heterocycles. The molecular weight excluding hydrogens is 267 g/mol. The lowest BCUT2D eigenvalue weighted by molar-refractivity contribution is 0.611. The molecule has 0 aliphatic carbocycles. The van der Waals surface area contributed by atoms with Gasteiger partial charge in [0, 0.05) is 16.8 Å². The summed E-state index contributed by atoms with van der Waals surface area (Å²) in [6.45, 7) is 1.84. The highest BCUT2D eigenvalue weighted by Crippen LogP contribution is 2.34. The molecule has 0 bridgehead atoms. The number of nitrogen functional groups attached to an aromatic ring is 1. The monoisotopic (exact) mass is 276 g/mol. The predicted molar refractivity (Wildman–Crippen MR) is 73.6 cm³/mol. The number of halogens is 2. The third-order valence-electron chi connectivity index (χ3n) is 2.99. The Labute approximate surface area is 113 Å². The van der Waals surface area contributed by atoms with Crippen LogP contribution >= 0.6 is 11.6 Å². The third kappa shape index (κ3) is 1.94. The van der Waals surface area contributed by atoms with Gasteiger partial charge < -0.3 is 10.2 Å². The Morgan fingerprint density at radius 1 is 1.32 bits per heavy atom. The summed E-state index contributed by atoms with van der Waals surface area (Å²) in [5, 5.41) is 0.397. The number of nitrogens with zero attached hydrogens (tertiary/aromatic N) is 1. The van der Waals surface area contributed by atoms with E-state index in [9.17, 15) is 4.39 Å². The highest BCUT2D eigenvalue weighted by molar-refractivity contribution is 6.35. The first-order valence-electron chi connectivity index (χ1n) is 5.67. The molecule has 0 spiro atoms. The molecule has 0 amide bonds. The zero-order chi connectivity index (χ0) is 13.6. The van der Waals surface area contributed by atoms with Crippen molar-refractivity contribution < 1.29 is 8.81 Å². The van der Waals surface area contributed by atoms with E-state index < -0.39 is 0 Å². The molecule has 0 aliphatic rings. The fraction of sp³-hybridized carbons (Fsp3) is 0.0714. The second-order valence-electron chi connectivity index (χ2n) is 4.28. The van der Waals surface area contributed by atoms with Gasteiger partial charge in [0.1, 0.15) is 11.3 Å². The molecular formula is C14H10ClFN2O. The molecule has 0 unspecified atom stereocenters. The van der Waals surface area contributed by atoms with Crippen LogP contribution in [0.15, 0.2) is 34.7 Å². The smallest absolute Gasteiger partial charge is 0.227 e. The van der Waals surface area contributed by atoms with Crippen LogP contribution in [0.1, 0.15) is 5.56 Å². The minimum absolute atomic E-state index is 0.324. The Balaban J connectivity index is 2.28. The molecule has 0 fully saturated rings. The molecule has 0 saturated heterocycles. The number of anilines is 1. The summed E-state index contributed by atoms with van der Waals surface area (Å²) < 4.78 is 18.8. The lowest BCUT2D eigenvalue weighted by atomic mass is 10.2. The van der Waals surface area contributed by atoms with E-state index in [-0.39, 0.29) is 5.82 Å². The summed E-state index contributed by atoms with van der Waals surface area (Å²) in [6.07, 6.45) is 0. The van der Waals surface area contributed by atoms with Crippen molar-refractivity contribution in [2.45, 2.75) is 6.92 Å². The molecule has 0 radical (unpaired) electrons. The molecule has 19 heavy (non-hydrogen) atoms. The van der Waals surface area contributed by atoms with Crippen molar-refractivity contribution in [2.24, 2.45) is 0 Å². The van der Waals surface area contributed by atoms with Gasteiger partial charge in [0.05, 0.1) is 5.02 Å². The molecule has 3 rings (SSSR count). The average Bonchev–Trinajstić information content (AvgIpc) is 2.82. The molecule has 0 saturated carbocycles. The van der Waals surface area contributed by atoms with Crippen LogP contribution in [0.2, 0.25) is 5.02 Å². The van der Waals surface area contributed by atoms with Crippen LogP contribution in [0.5, 0.6) is 0 Å². The van der Waals surface area contributed by atoms with Crippen molar-refractivity contribution in [1.29, 1.82) is 0 Å². The van der Waals surface area contributed by atoms with Gasteiger partial charge in [-0.15, -0.1) is 0 Å². The first kappa shape index (κ1) is 12.0. The molecule has 5 heteroatoms. The largest absolute Gasteiger partial charge is 0.434 e. The second kappa shape index (κ2) is 4.24. The quantitative estimate of drug-likeness (QED) is 0.678. The van der Waals surface area contributed by atoms with Crippen LogP contribution in [-0.2, 0) is 0 Å². The summed E-state index contributed by atoms with van der Waals surface area (Å²) in [4.78, 5) is 4.35. The molecule has 1 heterocycles. The summed E-state index contributed by atoms with van der Waals surface area (Å²) in [6, 6.07) is 7.67. The second-order valence-corrected chi connectivity index (χ2v) is 4.69. The van der Waals surface area contributed by atoms with E-state index in [1.807, 2.05) is 6.92 Å². The maximum absolute atomic E-state index is 13.2. The maximum atomic E-state index is 13.2. The number of hydrogen-bond acceptors (Lipinski definition) is 3. The molecule has 2 aromatic carbocycles. The van der Waals surface area contributed by atoms with Gasteiger partial charge in [-0.3, -0.25) is 0 Å². The molecule has 3 aromatic rings. The predicted octanol–water partition coefficient (Wildman–Crippen LogP) is 4.18. The van der Waals surface area contributed by atoms with E-state index in [1.165, 1.54) is 12.1 Å². The third-order valence-corrected chi connectivity index (χ3v) is 3.27. The Hall–Kier alpha value is -2.07. The fourth-order valence-corrected chi connectivity index (χ4v) is 2.17. The zero-order valence-electron chi connectivity index (χ0n) is 10.1. The van der Waals surface area contributed by atoms with E-state index in [4.69, 9.17) is 21.8 Å². The van der Waals surface area contributed by atoms with Crippen LogP contribution in [0, 0.1) is 12.7 Å². The highest BCUT2D eigenvalue weighted by atomic mass is 35.5. The number of aromatic nitrogens is 1. The van der Waals surface area contributed by atoms with Gasteiger partial charge in [-0.25, -0.2) is 9.37 Å². The minimum atomic E-state index is -0.345. The summed E-state index contributed by atoms with van der Waals surface area (Å²) in [7, 11) is 0. The first-order chi connectivity index (χ1) is 9.06. The van der Waals surface area contributed by atoms with E-state index in [1.54, 1.807) is 18.2 Å². The van der Waals surface area contributed by atoms with Gasteiger partial charge in [-0.05, 0) is 31.2 Å². The number of nitrogens with two attached hydrogens (primary N) is 1. The molecule has 96 valence electrons. The molecule has 2 N–H and O–H groups in total. The van der Waals surface area contributed by atoms with Gasteiger partial charge in [0.15, 0.2) is 5.58 Å². The van der Waals surface area contributed by atoms with Crippen LogP contribution in [0.25, 0.3) is 22.6 Å². The number of benzene rings is 2. The van der Waals surface area contributed by atoms with Crippen LogP contribution in [0.3, 0.4) is 0 Å². The Bertz CT molecular complexity index is 782. The Morgan fingerprint density at radius 2 is 2.11 bits per heavy atom. The van der Waals surface area contributed by atoms with Gasteiger partial charge in [0.2, 0.25) is 5.89 Å². The van der Waals surface area contributed by atoms with Crippen molar-refractivity contribution in [3.63, 3.8) is 0 Å². The summed E-state index contributed by atoms with van der Waals surface area (Å²) >= 11 is 6.08. The van der Waals surface area contributed by atoms with Crippen molar-refractivity contribution in [1.82, 2.24) is 4.98 Å². The van der Waals surface area contributed by atoms with Gasteiger partial charge >= 0.3 is 0 Å². The van der Waals surface area contributed by atoms with E-state index in [2.05, 4.69) is 4.98 Å². The van der Waals surface area contributed by atoms with Crippen molar-refractivity contribution in [3.05, 3.63) is 46.7 Å². The SMILES string of the molecule is Cc1c(N)cc(Cl)c2oc(-c3cccc(F)c3)nc12. The van der Waals surface area contributed by atoms with E-state index in [0.717, 1.165) is 5.56 Å². The van der Waals surface area contributed by atoms with Gasteiger partial charge in [0.25, 0.3) is 0 Å². The van der Waals surface area contributed by atoms with Gasteiger partial charge in [-0.1, -0.05) is 17.7 Å². The lowest BCUT2D eigenvalue weighted by Crippen LogP contribution is -1.90. The number of rotatable bonds is 1. The van der Waals surface area contributed by atoms with Crippen molar-refractivity contribution in [2.75, 3.05) is 5.73 Å². The number of aryl methyl sites for hydroxylation is 1. The van der Waals surface area contributed by atoms with Crippen molar-refractivity contribution >= 4 is 28.4 Å². The number of oxazole rings is 1. The number of hydrogen-bond donors (Lipinski definition) is 1. The summed E-state index contributed by atoms with van der Waals surface area (Å²) in [5.41, 5.74) is 8.81. The van der Waals surface area contributed by atoms with E-state index >= 15 is 0 Å². The van der Waals surface area contributed by atoms with Gasteiger partial charge in [-0.2, -0.15) is 0 Å². The average molecular weight is 277 g/mol. The zero-order valence-corrected chi connectivity index (χ0v) is 10.8. The molecule has 3 nitrogen and oxygen atoms in total. The molecule has 1 aromatic heterocycles. The minimum Gasteiger partial charge on any atom is -0.434 e. The number of fused-ring (bicyclic) bond motifs is 1. The topological polar surface area (TPSA) is 52.0 Å². The standard InChI is InChI=1S/C14H10ClFN2O/c1-7-11(17)6-10(15)13-12(7)18-14(19-13)8-3-2-4-9(16)5-8/h2-6H,17H2,1H3. The lowest BCUT2D eigenvalue weighted by Gasteiger charge is -2.00. The Morgan fingerprint density at radius 3 is 2.84 bits per heavy atom.